The Labute approximate surface area is 223 Å². The molecular formula is C25H20ClN3O6S2. The lowest BCUT2D eigenvalue weighted by Gasteiger charge is -2.15. The number of carbonyl (C=O) groups excluding carboxylic acids is 1. The molecule has 0 saturated carbocycles. The Bertz CT molecular complexity index is 1450. The molecular weight excluding hydrogens is 538 g/mol. The summed E-state index contributed by atoms with van der Waals surface area (Å²) in [5, 5.41) is 22.5. The van der Waals surface area contributed by atoms with E-state index in [0.29, 0.717) is 27.5 Å². The predicted octanol–water partition coefficient (Wildman–Crippen LogP) is 4.49. The van der Waals surface area contributed by atoms with Crippen molar-refractivity contribution >= 4 is 62.1 Å². The largest absolute Gasteiger partial charge is 0.480 e. The summed E-state index contributed by atoms with van der Waals surface area (Å²) >= 11 is 10.9. The van der Waals surface area contributed by atoms with Gasteiger partial charge in [-0.3, -0.25) is 9.59 Å². The van der Waals surface area contributed by atoms with E-state index < -0.39 is 27.0 Å². The van der Waals surface area contributed by atoms with E-state index in [-0.39, 0.29) is 23.1 Å². The molecule has 0 fully saturated rings. The molecule has 0 saturated heterocycles. The molecule has 0 heterocycles. The van der Waals surface area contributed by atoms with Crippen LogP contribution in [0.5, 0.6) is 0 Å². The molecule has 3 aromatic rings. The third kappa shape index (κ3) is 7.50. The fourth-order valence-corrected chi connectivity index (χ4v) is 5.03. The van der Waals surface area contributed by atoms with Crippen LogP contribution in [0.25, 0.3) is 0 Å². The summed E-state index contributed by atoms with van der Waals surface area (Å²) in [5.74, 6) is -1.96. The molecule has 3 N–H and O–H groups in total. The number of halogens is 1. The molecule has 3 aromatic carbocycles. The maximum atomic E-state index is 13.0. The van der Waals surface area contributed by atoms with Gasteiger partial charge >= 0.3 is 5.97 Å². The number of ether oxygens (including phenoxy) is 1. The minimum Gasteiger partial charge on any atom is -0.480 e. The Kier molecular flexibility index (Phi) is 9.19. The van der Waals surface area contributed by atoms with Gasteiger partial charge in [-0.1, -0.05) is 17.7 Å². The number of nitriles is 1. The fraction of sp³-hybridized carbons (Fsp3) is 0.120. The molecule has 1 amide bonds. The third-order valence-electron chi connectivity index (χ3n) is 5.05. The van der Waals surface area contributed by atoms with E-state index in [1.165, 1.54) is 24.3 Å². The highest BCUT2D eigenvalue weighted by Gasteiger charge is 2.34. The molecule has 1 atom stereocenters. The number of anilines is 2. The summed E-state index contributed by atoms with van der Waals surface area (Å²) in [6, 6.07) is 19.8. The Morgan fingerprint density at radius 3 is 2.32 bits per heavy atom. The van der Waals surface area contributed by atoms with Crippen LogP contribution in [-0.4, -0.2) is 42.4 Å². The number of carboxylic acids is 1. The van der Waals surface area contributed by atoms with Crippen LogP contribution in [0.4, 0.5) is 11.4 Å². The molecule has 37 heavy (non-hydrogen) atoms. The normalized spacial score (nSPS) is 11.6. The van der Waals surface area contributed by atoms with Crippen LogP contribution in [0.2, 0.25) is 5.02 Å². The number of sulfone groups is 1. The first kappa shape index (κ1) is 27.6. The second-order valence-corrected chi connectivity index (χ2v) is 10.5. The lowest BCUT2D eigenvalue weighted by atomic mass is 10.2. The zero-order valence-electron chi connectivity index (χ0n) is 19.0. The minimum absolute atomic E-state index is 0.0996. The molecule has 0 aliphatic rings. The number of nitrogens with zero attached hydrogens (tertiary/aromatic N) is 1. The number of thiocarbonyl (C=S) groups is 1. The fourth-order valence-electron chi connectivity index (χ4n) is 3.19. The second kappa shape index (κ2) is 12.3. The highest BCUT2D eigenvalue weighted by Crippen LogP contribution is 2.22. The van der Waals surface area contributed by atoms with E-state index in [1.54, 1.807) is 48.5 Å². The van der Waals surface area contributed by atoms with Gasteiger partial charge in [-0.2, -0.15) is 5.26 Å². The maximum Gasteiger partial charge on any atom is 0.322 e. The molecule has 1 unspecified atom stereocenters. The Morgan fingerprint density at radius 1 is 1.03 bits per heavy atom. The zero-order chi connectivity index (χ0) is 27.0. The number of rotatable bonds is 9. The summed E-state index contributed by atoms with van der Waals surface area (Å²) in [7, 11) is -4.27. The van der Waals surface area contributed by atoms with Gasteiger partial charge in [-0.25, -0.2) is 8.42 Å². The van der Waals surface area contributed by atoms with Crippen molar-refractivity contribution in [1.82, 2.24) is 0 Å². The summed E-state index contributed by atoms with van der Waals surface area (Å²) < 4.78 is 31.3. The number of benzene rings is 3. The predicted molar refractivity (Wildman–Crippen MR) is 142 cm³/mol. The third-order valence-corrected chi connectivity index (χ3v) is 7.64. The minimum atomic E-state index is -4.27. The molecule has 0 spiro atoms. The highest BCUT2D eigenvalue weighted by molar-refractivity contribution is 7.92. The molecule has 9 nitrogen and oxygen atoms in total. The first-order valence-electron chi connectivity index (χ1n) is 10.7. The average molecular weight is 558 g/mol. The number of carboxylic acid groups (broad SMARTS) is 1. The van der Waals surface area contributed by atoms with Gasteiger partial charge in [0.15, 0.2) is 15.1 Å². The van der Waals surface area contributed by atoms with Crippen molar-refractivity contribution in [3.05, 3.63) is 88.9 Å². The van der Waals surface area contributed by atoms with Crippen LogP contribution in [0, 0.1) is 11.3 Å². The highest BCUT2D eigenvalue weighted by atomic mass is 35.5. The van der Waals surface area contributed by atoms with Crippen molar-refractivity contribution in [3.8, 4) is 6.07 Å². The van der Waals surface area contributed by atoms with Gasteiger partial charge in [0.2, 0.25) is 0 Å². The van der Waals surface area contributed by atoms with Crippen molar-refractivity contribution in [2.75, 3.05) is 17.2 Å². The lowest BCUT2D eigenvalue weighted by molar-refractivity contribution is -0.136. The van der Waals surface area contributed by atoms with E-state index in [9.17, 15) is 23.1 Å². The second-order valence-electron chi connectivity index (χ2n) is 7.60. The molecule has 0 aliphatic carbocycles. The number of aliphatic carboxylic acids is 1. The van der Waals surface area contributed by atoms with Crippen LogP contribution in [0.15, 0.2) is 77.7 Å². The quantitative estimate of drug-likeness (QED) is 0.324. The van der Waals surface area contributed by atoms with Crippen LogP contribution in [0.1, 0.15) is 22.3 Å². The standard InChI is InChI=1S/C25H20ClN3O6S2/c26-18-6-4-17(5-7-18)23(30)28-19-8-10-21(11-9-19)37(33,34)22(24(31)32)12-13-35-25(36)29-20-3-1-2-16(14-20)15-27/h1-11,14,22H,12-13H2,(H,28,30)(H,29,36)(H,31,32). The summed E-state index contributed by atoms with van der Waals surface area (Å²) in [4.78, 5) is 23.9. The Balaban J connectivity index is 1.61. The van der Waals surface area contributed by atoms with Gasteiger partial charge in [0.25, 0.3) is 11.1 Å². The van der Waals surface area contributed by atoms with E-state index in [0.717, 1.165) is 0 Å². The first-order valence-corrected chi connectivity index (χ1v) is 13.0. The summed E-state index contributed by atoms with van der Waals surface area (Å²) in [6.45, 7) is -0.283. The Morgan fingerprint density at radius 2 is 1.70 bits per heavy atom. The Hall–Kier alpha value is -3.98. The number of hydrogen-bond acceptors (Lipinski definition) is 7. The van der Waals surface area contributed by atoms with Gasteiger partial charge in [0.05, 0.1) is 23.1 Å². The van der Waals surface area contributed by atoms with Crippen molar-refractivity contribution < 1.29 is 27.9 Å². The topological polar surface area (TPSA) is 146 Å². The van der Waals surface area contributed by atoms with E-state index >= 15 is 0 Å². The molecule has 190 valence electrons. The van der Waals surface area contributed by atoms with E-state index in [1.807, 2.05) is 6.07 Å². The average Bonchev–Trinajstić information content (AvgIpc) is 2.87. The van der Waals surface area contributed by atoms with Crippen LogP contribution in [-0.2, 0) is 19.4 Å². The molecule has 0 radical (unpaired) electrons. The van der Waals surface area contributed by atoms with Crippen LogP contribution in [0.3, 0.4) is 0 Å². The van der Waals surface area contributed by atoms with Gasteiger partial charge in [-0.15, -0.1) is 0 Å². The van der Waals surface area contributed by atoms with Gasteiger partial charge in [-0.05, 0) is 78.9 Å². The van der Waals surface area contributed by atoms with Crippen LogP contribution >= 0.6 is 23.8 Å². The molecule has 0 bridgehead atoms. The monoisotopic (exact) mass is 557 g/mol. The molecule has 3 rings (SSSR count). The molecule has 0 aromatic heterocycles. The lowest BCUT2D eigenvalue weighted by Crippen LogP contribution is -2.32. The smallest absolute Gasteiger partial charge is 0.322 e. The number of nitrogens with one attached hydrogen (secondary N) is 2. The van der Waals surface area contributed by atoms with Gasteiger partial charge < -0.3 is 20.5 Å². The molecule has 0 aliphatic heterocycles. The number of carbonyl (C=O) groups is 2. The SMILES string of the molecule is N#Cc1cccc(NC(=S)OCCC(C(=O)O)S(=O)(=O)c2ccc(NC(=O)c3ccc(Cl)cc3)cc2)c1. The zero-order valence-corrected chi connectivity index (χ0v) is 21.4. The first-order chi connectivity index (χ1) is 17.6. The van der Waals surface area contributed by atoms with E-state index in [2.05, 4.69) is 10.6 Å². The van der Waals surface area contributed by atoms with Gasteiger partial charge in [0, 0.05) is 28.4 Å². The van der Waals surface area contributed by atoms with Gasteiger partial charge in [0.1, 0.15) is 0 Å². The van der Waals surface area contributed by atoms with Crippen molar-refractivity contribution in [1.29, 1.82) is 5.26 Å². The van der Waals surface area contributed by atoms with Crippen molar-refractivity contribution in [2.45, 2.75) is 16.6 Å². The van der Waals surface area contributed by atoms with Crippen LogP contribution < -0.4 is 10.6 Å². The molecule has 12 heteroatoms. The summed E-state index contributed by atoms with van der Waals surface area (Å²) in [5.41, 5.74) is 1.58. The maximum absolute atomic E-state index is 13.0. The number of hydrogen-bond donors (Lipinski definition) is 3. The van der Waals surface area contributed by atoms with E-state index in [4.69, 9.17) is 33.8 Å². The summed E-state index contributed by atoms with van der Waals surface area (Å²) in [6.07, 6.45) is -0.368. The van der Waals surface area contributed by atoms with Crippen molar-refractivity contribution in [3.63, 3.8) is 0 Å². The number of amides is 1. The van der Waals surface area contributed by atoms with Crippen molar-refractivity contribution in [2.24, 2.45) is 0 Å².